The van der Waals surface area contributed by atoms with E-state index >= 15 is 0 Å². The Kier molecular flexibility index (Phi) is 5.10. The van der Waals surface area contributed by atoms with Crippen molar-refractivity contribution < 1.29 is 9.18 Å². The molecule has 2 aromatic heterocycles. The second-order valence-corrected chi connectivity index (χ2v) is 6.90. The van der Waals surface area contributed by atoms with Crippen molar-refractivity contribution in [1.82, 2.24) is 9.97 Å². The molecule has 0 spiro atoms. The molecule has 0 aliphatic heterocycles. The number of nitrogens with zero attached hydrogens (tertiary/aromatic N) is 3. The molecular formula is C22H16ClFN4O. The molecule has 0 radical (unpaired) electrons. The third-order valence-electron chi connectivity index (χ3n) is 4.47. The van der Waals surface area contributed by atoms with Crippen molar-refractivity contribution in [3.63, 3.8) is 0 Å². The molecule has 29 heavy (non-hydrogen) atoms. The topological polar surface area (TPSA) is 72.1 Å². The first kappa shape index (κ1) is 18.8. The van der Waals surface area contributed by atoms with E-state index in [0.29, 0.717) is 17.1 Å². The van der Waals surface area contributed by atoms with Gasteiger partial charge in [-0.15, -0.1) is 0 Å². The lowest BCUT2D eigenvalue weighted by molar-refractivity contribution is 0.0984. The van der Waals surface area contributed by atoms with E-state index < -0.39 is 5.82 Å². The van der Waals surface area contributed by atoms with Gasteiger partial charge in [-0.2, -0.15) is 0 Å². The number of hydrogen-bond donors (Lipinski definition) is 1. The number of hydrogen-bond acceptors (Lipinski definition) is 4. The maximum atomic E-state index is 13.6. The average Bonchev–Trinajstić information content (AvgIpc) is 2.72. The van der Waals surface area contributed by atoms with E-state index in [1.165, 1.54) is 29.3 Å². The minimum Gasteiger partial charge on any atom is -0.384 e. The van der Waals surface area contributed by atoms with Gasteiger partial charge in [0.05, 0.1) is 28.3 Å². The number of benzene rings is 2. The fraction of sp³-hybridized carbons (Fsp3) is 0.0455. The maximum Gasteiger partial charge on any atom is 0.260 e. The number of aromatic nitrogens is 2. The predicted molar refractivity (Wildman–Crippen MR) is 112 cm³/mol. The summed E-state index contributed by atoms with van der Waals surface area (Å²) < 4.78 is 13.6. The number of fused-ring (bicyclic) bond motifs is 1. The Morgan fingerprint density at radius 1 is 1.10 bits per heavy atom. The number of nitrogen functional groups attached to an aromatic ring is 1. The van der Waals surface area contributed by atoms with Crippen LogP contribution in [-0.2, 0) is 6.54 Å². The molecule has 1 amide bonds. The zero-order valence-electron chi connectivity index (χ0n) is 15.2. The lowest BCUT2D eigenvalue weighted by Gasteiger charge is -2.24. The van der Waals surface area contributed by atoms with Crippen molar-refractivity contribution in [1.29, 1.82) is 0 Å². The van der Waals surface area contributed by atoms with Crippen LogP contribution in [0.3, 0.4) is 0 Å². The van der Waals surface area contributed by atoms with Crippen LogP contribution in [-0.4, -0.2) is 15.9 Å². The third kappa shape index (κ3) is 4.02. The van der Waals surface area contributed by atoms with E-state index in [9.17, 15) is 9.18 Å². The Morgan fingerprint density at radius 2 is 1.93 bits per heavy atom. The molecular weight excluding hydrogens is 391 g/mol. The number of rotatable bonds is 4. The summed E-state index contributed by atoms with van der Waals surface area (Å²) in [6.45, 7) is 0.214. The van der Waals surface area contributed by atoms with Gasteiger partial charge in [0.15, 0.2) is 0 Å². The van der Waals surface area contributed by atoms with E-state index in [0.717, 1.165) is 16.5 Å². The Labute approximate surface area is 171 Å². The molecule has 0 unspecified atom stereocenters. The zero-order chi connectivity index (χ0) is 20.4. The summed E-state index contributed by atoms with van der Waals surface area (Å²) in [5.41, 5.74) is 8.14. The number of carbonyl (C=O) groups excluding carboxylic acids is 1. The van der Waals surface area contributed by atoms with E-state index in [1.54, 1.807) is 24.4 Å². The van der Waals surface area contributed by atoms with Crippen LogP contribution in [0, 0.1) is 5.82 Å². The minimum absolute atomic E-state index is 0.144. The van der Waals surface area contributed by atoms with Crippen molar-refractivity contribution in [3.8, 4) is 0 Å². The van der Waals surface area contributed by atoms with E-state index in [4.69, 9.17) is 17.3 Å². The van der Waals surface area contributed by atoms with Gasteiger partial charge in [-0.05, 0) is 54.1 Å². The van der Waals surface area contributed by atoms with E-state index in [2.05, 4.69) is 9.97 Å². The molecule has 2 heterocycles. The Hall–Kier alpha value is -3.51. The van der Waals surface area contributed by atoms with Crippen molar-refractivity contribution in [2.75, 3.05) is 10.6 Å². The molecule has 5 nitrogen and oxygen atoms in total. The summed E-state index contributed by atoms with van der Waals surface area (Å²) in [6.07, 6.45) is 3.07. The van der Waals surface area contributed by atoms with Crippen LogP contribution in [0.1, 0.15) is 15.9 Å². The summed E-state index contributed by atoms with van der Waals surface area (Å²) in [5.74, 6) is -0.357. The first-order valence-corrected chi connectivity index (χ1v) is 9.21. The van der Waals surface area contributed by atoms with Gasteiger partial charge in [0.1, 0.15) is 11.6 Å². The summed E-state index contributed by atoms with van der Waals surface area (Å²) in [4.78, 5) is 23.0. The highest BCUT2D eigenvalue weighted by Gasteiger charge is 2.21. The standard InChI is InChI=1S/C22H16ClFN4O/c23-18-11-17(24)6-7-20(18)28(22(29)16-2-1-9-26-12-16)13-14-3-4-15-5-8-21(25)27-19(15)10-14/h1-12H,13H2,(H2,25,27). The quantitative estimate of drug-likeness (QED) is 0.525. The number of nitrogens with two attached hydrogens (primary N) is 1. The molecule has 0 aliphatic rings. The Bertz CT molecular complexity index is 1200. The van der Waals surface area contributed by atoms with Gasteiger partial charge >= 0.3 is 0 Å². The van der Waals surface area contributed by atoms with Gasteiger partial charge in [0.2, 0.25) is 0 Å². The third-order valence-corrected chi connectivity index (χ3v) is 4.78. The van der Waals surface area contributed by atoms with Crippen LogP contribution in [0.2, 0.25) is 5.02 Å². The monoisotopic (exact) mass is 406 g/mol. The van der Waals surface area contributed by atoms with E-state index in [-0.39, 0.29) is 17.5 Å². The second-order valence-electron chi connectivity index (χ2n) is 6.49. The minimum atomic E-state index is -0.474. The summed E-state index contributed by atoms with van der Waals surface area (Å²) in [6, 6.07) is 16.6. The molecule has 0 fully saturated rings. The van der Waals surface area contributed by atoms with Crippen LogP contribution in [0.4, 0.5) is 15.9 Å². The first-order valence-electron chi connectivity index (χ1n) is 8.83. The molecule has 4 aromatic rings. The largest absolute Gasteiger partial charge is 0.384 e. The number of carbonyl (C=O) groups is 1. The molecule has 0 aliphatic carbocycles. The summed E-state index contributed by atoms with van der Waals surface area (Å²) >= 11 is 6.26. The number of amides is 1. The fourth-order valence-corrected chi connectivity index (χ4v) is 3.34. The van der Waals surface area contributed by atoms with Crippen molar-refractivity contribution >= 4 is 39.9 Å². The van der Waals surface area contributed by atoms with Gasteiger partial charge in [0.25, 0.3) is 5.91 Å². The zero-order valence-corrected chi connectivity index (χ0v) is 16.0. The van der Waals surface area contributed by atoms with Gasteiger partial charge in [-0.3, -0.25) is 9.78 Å². The van der Waals surface area contributed by atoms with Crippen LogP contribution in [0.5, 0.6) is 0 Å². The number of pyridine rings is 2. The van der Waals surface area contributed by atoms with Crippen LogP contribution >= 0.6 is 11.6 Å². The summed E-state index contributed by atoms with van der Waals surface area (Å²) in [7, 11) is 0. The first-order chi connectivity index (χ1) is 14.0. The van der Waals surface area contributed by atoms with Gasteiger partial charge < -0.3 is 10.6 Å². The van der Waals surface area contributed by atoms with Crippen molar-refractivity contribution in [2.24, 2.45) is 0 Å². The molecule has 0 bridgehead atoms. The molecule has 0 atom stereocenters. The van der Waals surface area contributed by atoms with Crippen LogP contribution in [0.15, 0.2) is 73.1 Å². The van der Waals surface area contributed by atoms with Gasteiger partial charge in [-0.25, -0.2) is 9.37 Å². The molecule has 4 rings (SSSR count). The predicted octanol–water partition coefficient (Wildman–Crippen LogP) is 4.85. The normalized spacial score (nSPS) is 10.8. The number of anilines is 2. The Balaban J connectivity index is 1.77. The van der Waals surface area contributed by atoms with Gasteiger partial charge in [0, 0.05) is 17.8 Å². The van der Waals surface area contributed by atoms with E-state index in [1.807, 2.05) is 24.3 Å². The SMILES string of the molecule is Nc1ccc2ccc(CN(C(=O)c3cccnc3)c3ccc(F)cc3Cl)cc2n1. The lowest BCUT2D eigenvalue weighted by Crippen LogP contribution is -2.30. The summed E-state index contributed by atoms with van der Waals surface area (Å²) in [5, 5.41) is 1.08. The smallest absolute Gasteiger partial charge is 0.260 e. The highest BCUT2D eigenvalue weighted by Crippen LogP contribution is 2.30. The molecule has 2 N–H and O–H groups in total. The van der Waals surface area contributed by atoms with Crippen LogP contribution < -0.4 is 10.6 Å². The highest BCUT2D eigenvalue weighted by atomic mass is 35.5. The molecule has 2 aromatic carbocycles. The second kappa shape index (κ2) is 7.85. The molecule has 144 valence electrons. The maximum absolute atomic E-state index is 13.6. The Morgan fingerprint density at radius 3 is 2.69 bits per heavy atom. The van der Waals surface area contributed by atoms with Crippen molar-refractivity contribution in [2.45, 2.75) is 6.54 Å². The van der Waals surface area contributed by atoms with Crippen LogP contribution in [0.25, 0.3) is 10.9 Å². The lowest BCUT2D eigenvalue weighted by atomic mass is 10.1. The highest BCUT2D eigenvalue weighted by molar-refractivity contribution is 6.34. The average molecular weight is 407 g/mol. The van der Waals surface area contributed by atoms with Gasteiger partial charge in [-0.1, -0.05) is 23.7 Å². The van der Waals surface area contributed by atoms with Crippen molar-refractivity contribution in [3.05, 3.63) is 95.0 Å². The molecule has 0 saturated carbocycles. The fourth-order valence-electron chi connectivity index (χ4n) is 3.07. The molecule has 0 saturated heterocycles. The number of halogens is 2. The molecule has 7 heteroatoms.